The minimum absolute atomic E-state index is 0.0113. The van der Waals surface area contributed by atoms with Crippen LogP contribution in [0.15, 0.2) is 48.5 Å². The summed E-state index contributed by atoms with van der Waals surface area (Å²) in [5.74, 6) is 0.0113. The number of hydrogen-bond donors (Lipinski definition) is 0. The number of anilines is 1. The molecule has 0 unspecified atom stereocenters. The number of hydrogen-bond acceptors (Lipinski definition) is 4. The van der Waals surface area contributed by atoms with Gasteiger partial charge in [0.1, 0.15) is 5.69 Å². The molecule has 0 N–H and O–H groups in total. The van der Waals surface area contributed by atoms with Crippen molar-refractivity contribution in [2.24, 2.45) is 0 Å². The molecule has 2 aromatic carbocycles. The Bertz CT molecular complexity index is 750. The quantitative estimate of drug-likeness (QED) is 0.643. The van der Waals surface area contributed by atoms with E-state index in [4.69, 9.17) is 0 Å². The number of piperazine rings is 1. The third kappa shape index (κ3) is 3.22. The van der Waals surface area contributed by atoms with Crippen LogP contribution < -0.4 is 4.90 Å². The Morgan fingerprint density at radius 3 is 2.25 bits per heavy atom. The largest absolute Gasteiger partial charge is 0.362 e. The molecule has 0 radical (unpaired) electrons. The Morgan fingerprint density at radius 1 is 1.00 bits per heavy atom. The van der Waals surface area contributed by atoms with Crippen molar-refractivity contribution in [2.45, 2.75) is 6.92 Å². The normalized spacial score (nSPS) is 14.5. The Labute approximate surface area is 140 Å². The number of aryl methyl sites for hydroxylation is 1. The zero-order valence-electron chi connectivity index (χ0n) is 13.5. The van der Waals surface area contributed by atoms with Crippen molar-refractivity contribution in [1.29, 1.82) is 0 Å². The number of rotatable bonds is 3. The van der Waals surface area contributed by atoms with E-state index >= 15 is 0 Å². The van der Waals surface area contributed by atoms with E-state index in [-0.39, 0.29) is 16.5 Å². The number of carbonyl (C=O) groups is 1. The highest BCUT2D eigenvalue weighted by molar-refractivity contribution is 5.94. The average Bonchev–Trinajstić information content (AvgIpc) is 2.62. The van der Waals surface area contributed by atoms with Crippen LogP contribution in [0.1, 0.15) is 15.9 Å². The summed E-state index contributed by atoms with van der Waals surface area (Å²) in [4.78, 5) is 27.1. The van der Waals surface area contributed by atoms with E-state index in [1.165, 1.54) is 6.07 Å². The maximum atomic E-state index is 12.5. The second kappa shape index (κ2) is 6.70. The first kappa shape index (κ1) is 16.0. The fourth-order valence-electron chi connectivity index (χ4n) is 2.92. The van der Waals surface area contributed by atoms with Gasteiger partial charge in [-0.2, -0.15) is 0 Å². The van der Waals surface area contributed by atoms with Gasteiger partial charge in [0.25, 0.3) is 11.6 Å². The first-order valence-electron chi connectivity index (χ1n) is 7.90. The third-order valence-corrected chi connectivity index (χ3v) is 4.28. The Balaban J connectivity index is 1.69. The molecule has 1 fully saturated rings. The van der Waals surface area contributed by atoms with Gasteiger partial charge in [0.15, 0.2) is 0 Å². The minimum Gasteiger partial charge on any atom is -0.362 e. The van der Waals surface area contributed by atoms with Crippen LogP contribution in [0.3, 0.4) is 0 Å². The number of nitrogens with zero attached hydrogens (tertiary/aromatic N) is 3. The number of nitro groups is 1. The molecule has 0 saturated carbocycles. The molecule has 1 amide bonds. The van der Waals surface area contributed by atoms with Crippen LogP contribution in [-0.4, -0.2) is 41.9 Å². The molecular weight excluding hydrogens is 306 g/mol. The summed E-state index contributed by atoms with van der Waals surface area (Å²) in [6, 6.07) is 14.3. The summed E-state index contributed by atoms with van der Waals surface area (Å²) in [6.45, 7) is 4.27. The van der Waals surface area contributed by atoms with E-state index in [2.05, 4.69) is 0 Å². The van der Waals surface area contributed by atoms with Crippen LogP contribution in [0, 0.1) is 17.0 Å². The molecule has 124 valence electrons. The van der Waals surface area contributed by atoms with E-state index < -0.39 is 0 Å². The molecule has 1 saturated heterocycles. The fraction of sp³-hybridized carbons (Fsp3) is 0.278. The summed E-state index contributed by atoms with van der Waals surface area (Å²) in [7, 11) is 0. The molecule has 0 aliphatic carbocycles. The van der Waals surface area contributed by atoms with Gasteiger partial charge in [-0.15, -0.1) is 0 Å². The fourth-order valence-corrected chi connectivity index (χ4v) is 2.92. The van der Waals surface area contributed by atoms with Crippen LogP contribution in [0.4, 0.5) is 11.4 Å². The zero-order chi connectivity index (χ0) is 17.1. The SMILES string of the molecule is Cc1ccc(C(=O)N2CCN(c3ccccc3[N+](=O)[O-])CC2)cc1. The van der Waals surface area contributed by atoms with Crippen molar-refractivity contribution < 1.29 is 9.72 Å². The monoisotopic (exact) mass is 325 g/mol. The van der Waals surface area contributed by atoms with Crippen molar-refractivity contribution in [3.63, 3.8) is 0 Å². The lowest BCUT2D eigenvalue weighted by molar-refractivity contribution is -0.384. The second-order valence-electron chi connectivity index (χ2n) is 5.89. The Hall–Kier alpha value is -2.89. The van der Waals surface area contributed by atoms with Crippen molar-refractivity contribution in [3.05, 3.63) is 69.8 Å². The maximum Gasteiger partial charge on any atom is 0.292 e. The summed E-state index contributed by atoms with van der Waals surface area (Å²) in [5.41, 5.74) is 2.52. The molecule has 1 aliphatic rings. The second-order valence-corrected chi connectivity index (χ2v) is 5.89. The highest BCUT2D eigenvalue weighted by Gasteiger charge is 2.25. The van der Waals surface area contributed by atoms with Gasteiger partial charge in [-0.1, -0.05) is 29.8 Å². The molecular formula is C18H19N3O3. The van der Waals surface area contributed by atoms with Crippen molar-refractivity contribution in [1.82, 2.24) is 4.90 Å². The van der Waals surface area contributed by atoms with Crippen molar-refractivity contribution in [2.75, 3.05) is 31.1 Å². The van der Waals surface area contributed by atoms with Crippen LogP contribution >= 0.6 is 0 Å². The number of benzene rings is 2. The highest BCUT2D eigenvalue weighted by Crippen LogP contribution is 2.28. The van der Waals surface area contributed by atoms with Crippen LogP contribution in [0.5, 0.6) is 0 Å². The first-order chi connectivity index (χ1) is 11.6. The van der Waals surface area contributed by atoms with Crippen LogP contribution in [0.2, 0.25) is 0 Å². The smallest absolute Gasteiger partial charge is 0.292 e. The number of nitro benzene ring substituents is 1. The van der Waals surface area contributed by atoms with E-state index in [1.54, 1.807) is 23.1 Å². The Kier molecular flexibility index (Phi) is 4.46. The third-order valence-electron chi connectivity index (χ3n) is 4.28. The van der Waals surface area contributed by atoms with Gasteiger partial charge < -0.3 is 9.80 Å². The van der Waals surface area contributed by atoms with E-state index in [1.807, 2.05) is 36.1 Å². The van der Waals surface area contributed by atoms with Gasteiger partial charge in [0, 0.05) is 37.8 Å². The summed E-state index contributed by atoms with van der Waals surface area (Å²) in [6.07, 6.45) is 0. The van der Waals surface area contributed by atoms with Crippen LogP contribution in [0.25, 0.3) is 0 Å². The Morgan fingerprint density at radius 2 is 1.62 bits per heavy atom. The first-order valence-corrected chi connectivity index (χ1v) is 7.90. The molecule has 1 aliphatic heterocycles. The minimum atomic E-state index is -0.362. The van der Waals surface area contributed by atoms with Gasteiger partial charge in [0.05, 0.1) is 4.92 Å². The lowest BCUT2D eigenvalue weighted by atomic mass is 10.1. The lowest BCUT2D eigenvalue weighted by Crippen LogP contribution is -2.48. The molecule has 6 nitrogen and oxygen atoms in total. The van der Waals surface area contributed by atoms with E-state index in [0.29, 0.717) is 37.4 Å². The van der Waals surface area contributed by atoms with E-state index in [9.17, 15) is 14.9 Å². The number of amides is 1. The predicted octanol–water partition coefficient (Wildman–Crippen LogP) is 2.87. The molecule has 0 spiro atoms. The molecule has 6 heteroatoms. The highest BCUT2D eigenvalue weighted by atomic mass is 16.6. The van der Waals surface area contributed by atoms with E-state index in [0.717, 1.165) is 5.56 Å². The van der Waals surface area contributed by atoms with Gasteiger partial charge in [-0.25, -0.2) is 0 Å². The maximum absolute atomic E-state index is 12.5. The molecule has 3 rings (SSSR count). The topological polar surface area (TPSA) is 66.7 Å². The number of carbonyl (C=O) groups excluding carboxylic acids is 1. The van der Waals surface area contributed by atoms with Crippen molar-refractivity contribution >= 4 is 17.3 Å². The summed E-state index contributed by atoms with van der Waals surface area (Å²) in [5, 5.41) is 11.2. The molecule has 0 bridgehead atoms. The molecule has 0 atom stereocenters. The van der Waals surface area contributed by atoms with Gasteiger partial charge in [0.2, 0.25) is 0 Å². The standard InChI is InChI=1S/C18H19N3O3/c1-14-6-8-15(9-7-14)18(22)20-12-10-19(11-13-20)16-4-2-3-5-17(16)21(23)24/h2-9H,10-13H2,1H3. The van der Waals surface area contributed by atoms with Crippen molar-refractivity contribution in [3.8, 4) is 0 Å². The summed E-state index contributed by atoms with van der Waals surface area (Å²) >= 11 is 0. The summed E-state index contributed by atoms with van der Waals surface area (Å²) < 4.78 is 0. The number of para-hydroxylation sites is 2. The molecule has 24 heavy (non-hydrogen) atoms. The van der Waals surface area contributed by atoms with Gasteiger partial charge in [-0.3, -0.25) is 14.9 Å². The van der Waals surface area contributed by atoms with Crippen LogP contribution in [-0.2, 0) is 0 Å². The molecule has 2 aromatic rings. The van der Waals surface area contributed by atoms with Gasteiger partial charge in [-0.05, 0) is 25.1 Å². The average molecular weight is 325 g/mol. The molecule has 0 aromatic heterocycles. The molecule has 1 heterocycles. The zero-order valence-corrected chi connectivity index (χ0v) is 13.5. The van der Waals surface area contributed by atoms with Gasteiger partial charge >= 0.3 is 0 Å². The lowest BCUT2D eigenvalue weighted by Gasteiger charge is -2.35. The predicted molar refractivity (Wildman–Crippen MR) is 92.4 cm³/mol.